The van der Waals surface area contributed by atoms with Gasteiger partial charge in [-0.1, -0.05) is 0 Å². The Labute approximate surface area is 434 Å². The summed E-state index contributed by atoms with van der Waals surface area (Å²) in [4.78, 5) is 63.0. The molecule has 0 aromatic carbocycles. The summed E-state index contributed by atoms with van der Waals surface area (Å²) in [6, 6.07) is -5.41. The number of carbonyl (C=O) groups is 5. The van der Waals surface area contributed by atoms with Gasteiger partial charge >= 0.3 is 11.9 Å². The zero-order valence-electron chi connectivity index (χ0n) is 41.1. The van der Waals surface area contributed by atoms with Gasteiger partial charge in [0.05, 0.1) is 57.3 Å². The van der Waals surface area contributed by atoms with Crippen LogP contribution in [-0.4, -0.2) is 319 Å². The molecule has 5 heterocycles. The Morgan fingerprint density at radius 2 is 1.00 bits per heavy atom. The van der Waals surface area contributed by atoms with Crippen molar-refractivity contribution in [3.63, 3.8) is 0 Å². The summed E-state index contributed by atoms with van der Waals surface area (Å²) in [6.45, 7) is -2.97. The molecule has 444 valence electrons. The Bertz CT molecular complexity index is 2000. The number of carboxylic acids is 2. The third-order valence-corrected chi connectivity index (χ3v) is 13.5. The maximum atomic E-state index is 13.2. The van der Waals surface area contributed by atoms with Crippen molar-refractivity contribution in [2.75, 3.05) is 33.0 Å². The number of carboxylic acid groups (broad SMARTS) is 2. The van der Waals surface area contributed by atoms with Gasteiger partial charge in [0.25, 0.3) is 11.6 Å². The second-order valence-electron chi connectivity index (χ2n) is 19.0. The lowest BCUT2D eigenvalue weighted by Gasteiger charge is -2.50. The lowest BCUT2D eigenvalue weighted by atomic mass is 9.87. The molecule has 5 fully saturated rings. The molecule has 0 aliphatic carbocycles. The van der Waals surface area contributed by atoms with Crippen LogP contribution in [0.15, 0.2) is 0 Å². The Kier molecular flexibility index (Phi) is 22.3. The molecule has 0 unspecified atom stereocenters. The van der Waals surface area contributed by atoms with E-state index in [1.165, 1.54) is 0 Å². The molecule has 3 amide bonds. The molecule has 5 rings (SSSR count). The van der Waals surface area contributed by atoms with E-state index in [1.807, 2.05) is 0 Å². The van der Waals surface area contributed by atoms with E-state index in [1.54, 1.807) is 0 Å². The number of aliphatic hydroxyl groups is 16. The maximum absolute atomic E-state index is 13.2. The lowest BCUT2D eigenvalue weighted by molar-refractivity contribution is -0.375. The summed E-state index contributed by atoms with van der Waals surface area (Å²) in [5, 5.41) is 200. The Morgan fingerprint density at radius 1 is 0.545 bits per heavy atom. The second kappa shape index (κ2) is 26.7. The average molecular weight is 1130 g/mol. The molecule has 21 N–H and O–H groups in total. The molecule has 77 heavy (non-hydrogen) atoms. The van der Waals surface area contributed by atoms with Gasteiger partial charge in [0.2, 0.25) is 17.7 Å². The molecule has 0 aromatic heterocycles. The first kappa shape index (κ1) is 64.2. The van der Waals surface area contributed by atoms with Gasteiger partial charge in [0, 0.05) is 33.6 Å². The molecule has 0 spiro atoms. The van der Waals surface area contributed by atoms with Crippen LogP contribution in [0.4, 0.5) is 0 Å². The minimum Gasteiger partial charge on any atom is -0.477 e. The number of aliphatic hydroxyl groups excluding tert-OH is 16. The number of hydrogen-bond donors (Lipinski definition) is 21. The third-order valence-electron chi connectivity index (χ3n) is 13.5. The van der Waals surface area contributed by atoms with E-state index in [0.29, 0.717) is 0 Å². The summed E-state index contributed by atoms with van der Waals surface area (Å²) in [5.74, 6) is -13.4. The summed E-state index contributed by atoms with van der Waals surface area (Å²) in [6.07, 6.45) is -48.4. The molecule has 5 saturated heterocycles. The van der Waals surface area contributed by atoms with Crippen molar-refractivity contribution in [2.24, 2.45) is 0 Å². The van der Waals surface area contributed by atoms with Gasteiger partial charge in [-0.2, -0.15) is 0 Å². The fourth-order valence-electron chi connectivity index (χ4n) is 9.52. The quantitative estimate of drug-likeness (QED) is 0.0479. The third kappa shape index (κ3) is 14.1. The van der Waals surface area contributed by atoms with Crippen LogP contribution in [0, 0.1) is 0 Å². The molecular formula is C42H69N3O32. The van der Waals surface area contributed by atoms with Crippen LogP contribution < -0.4 is 16.0 Å². The summed E-state index contributed by atoms with van der Waals surface area (Å²) in [7, 11) is 0. The van der Waals surface area contributed by atoms with Crippen LogP contribution in [0.25, 0.3) is 0 Å². The van der Waals surface area contributed by atoms with E-state index in [0.717, 1.165) is 20.8 Å². The van der Waals surface area contributed by atoms with Crippen molar-refractivity contribution in [1.82, 2.24) is 16.0 Å². The standard InChI is InChI=1S/C42H69N3O32/c1-11(50)43-21-15(54)5-42(40(67)68,77-33(21)24(56)16(55)6-46)75-19(9-49)27(59)34-22(44-12(2)51)14(53)4-41(76-34,39(65)66)69-10-20-28(60)32(23(36(64)70-20)45-13(3)52)73-38-31(63)35(26(58)18(8-48)72-38)74-37-30(62)29(61)25(57)17(7-47)71-37/h14-38,46-49,53-64H,4-10H2,1-3H3,(H,43,50)(H,44,51)(H,45,52)(H,65,66)(H,67,68)/t14-,15-,16+,17+,18+,19+,20+,21+,22+,23+,24+,25-,26-,27+,28-,29-,30+,31+,32+,33+,34+,35-,36-,37-,38-,41+,42+/m0/s1. The van der Waals surface area contributed by atoms with Crippen molar-refractivity contribution in [3.8, 4) is 0 Å². The smallest absolute Gasteiger partial charge is 0.364 e. The van der Waals surface area contributed by atoms with Crippen LogP contribution in [0.3, 0.4) is 0 Å². The van der Waals surface area contributed by atoms with Crippen molar-refractivity contribution in [3.05, 3.63) is 0 Å². The lowest BCUT2D eigenvalue weighted by Crippen LogP contribution is -2.71. The van der Waals surface area contributed by atoms with Gasteiger partial charge in [-0.05, 0) is 0 Å². The highest BCUT2D eigenvalue weighted by molar-refractivity contribution is 5.77. The SMILES string of the molecule is CC(=O)N[C@@H]1[C@@H](O[C@@H]2O[C@H](CO)[C@H](O)[C@H](O[C@@H]3O[C@H](CO)[C@H](O)[C@H](O)[C@H]3O)[C@H]2O)[C@@H](O)[C@@H](CO[C@]2(C(=O)O)C[C@H](O)[C@@H](NC(C)=O)[C@H]([C@H](O)[C@@H](CO)O[C@]3(C(=O)O)C[C@H](O)[C@@H](NC(C)=O)[C@H]([C@H](O)[C@H](O)CO)O3)O2)O[C@@H]1O. The number of rotatable bonds is 22. The number of amides is 3. The van der Waals surface area contributed by atoms with E-state index >= 15 is 0 Å². The minimum absolute atomic E-state index is 0.851. The normalized spacial score (nSPS) is 43.2. The predicted octanol–water partition coefficient (Wildman–Crippen LogP) is -13.1. The highest BCUT2D eigenvalue weighted by Crippen LogP contribution is 2.39. The zero-order valence-corrected chi connectivity index (χ0v) is 41.1. The van der Waals surface area contributed by atoms with E-state index in [2.05, 4.69) is 16.0 Å². The predicted molar refractivity (Wildman–Crippen MR) is 236 cm³/mol. The largest absolute Gasteiger partial charge is 0.477 e. The molecule has 5 aliphatic rings. The number of carbonyl (C=O) groups excluding carboxylic acids is 3. The van der Waals surface area contributed by atoms with E-state index in [-0.39, 0.29) is 0 Å². The molecule has 0 saturated carbocycles. The van der Waals surface area contributed by atoms with Crippen molar-refractivity contribution in [1.29, 1.82) is 0 Å². The zero-order chi connectivity index (χ0) is 57.8. The first-order valence-corrected chi connectivity index (χ1v) is 23.8. The van der Waals surface area contributed by atoms with Crippen molar-refractivity contribution < 1.29 is 159 Å². The van der Waals surface area contributed by atoms with Crippen LogP contribution >= 0.6 is 0 Å². The fraction of sp³-hybridized carbons (Fsp3) is 0.881. The molecule has 0 bridgehead atoms. The molecule has 27 atom stereocenters. The summed E-state index contributed by atoms with van der Waals surface area (Å²) < 4.78 is 50.3. The van der Waals surface area contributed by atoms with Crippen LogP contribution in [0.5, 0.6) is 0 Å². The highest BCUT2D eigenvalue weighted by atomic mass is 16.8. The van der Waals surface area contributed by atoms with Gasteiger partial charge in [0.15, 0.2) is 18.9 Å². The monoisotopic (exact) mass is 1130 g/mol. The van der Waals surface area contributed by atoms with E-state index < -0.39 is 240 Å². The summed E-state index contributed by atoms with van der Waals surface area (Å²) >= 11 is 0. The number of ether oxygens (including phenoxy) is 9. The van der Waals surface area contributed by atoms with Crippen molar-refractivity contribution >= 4 is 29.7 Å². The Balaban J connectivity index is 1.43. The number of aliphatic carboxylic acids is 2. The van der Waals surface area contributed by atoms with Gasteiger partial charge in [0.1, 0.15) is 110 Å². The Morgan fingerprint density at radius 3 is 1.49 bits per heavy atom. The topological polar surface area (TPSA) is 569 Å². The fourth-order valence-corrected chi connectivity index (χ4v) is 9.52. The van der Waals surface area contributed by atoms with Gasteiger partial charge in [-0.3, -0.25) is 14.4 Å². The van der Waals surface area contributed by atoms with E-state index in [4.69, 9.17) is 42.6 Å². The molecule has 0 radical (unpaired) electrons. The minimum atomic E-state index is -3.25. The van der Waals surface area contributed by atoms with Gasteiger partial charge < -0.3 is 150 Å². The molecule has 35 nitrogen and oxygen atoms in total. The Hall–Kier alpha value is -3.65. The van der Waals surface area contributed by atoms with Gasteiger partial charge in [-0.15, -0.1) is 0 Å². The number of nitrogens with one attached hydrogen (secondary N) is 3. The van der Waals surface area contributed by atoms with Crippen LogP contribution in [0.2, 0.25) is 0 Å². The van der Waals surface area contributed by atoms with Crippen LogP contribution in [-0.2, 0) is 66.6 Å². The summed E-state index contributed by atoms with van der Waals surface area (Å²) in [5.41, 5.74) is 0. The molecular weight excluding hydrogens is 1060 g/mol. The molecule has 35 heteroatoms. The first-order chi connectivity index (χ1) is 36.0. The van der Waals surface area contributed by atoms with E-state index in [9.17, 15) is 116 Å². The van der Waals surface area contributed by atoms with Gasteiger partial charge in [-0.25, -0.2) is 9.59 Å². The van der Waals surface area contributed by atoms with Crippen molar-refractivity contribution in [2.45, 2.75) is 198 Å². The first-order valence-electron chi connectivity index (χ1n) is 23.8. The second-order valence-corrected chi connectivity index (χ2v) is 19.0. The maximum Gasteiger partial charge on any atom is 0.364 e. The van der Waals surface area contributed by atoms with Crippen LogP contribution in [0.1, 0.15) is 33.6 Å². The average Bonchev–Trinajstić information content (AvgIpc) is 3.36. The molecule has 5 aliphatic heterocycles. The highest BCUT2D eigenvalue weighted by Gasteiger charge is 2.61. The number of hydrogen-bond acceptors (Lipinski definition) is 30. The molecule has 0 aromatic rings.